The quantitative estimate of drug-likeness (QED) is 0.697. The molecule has 0 heterocycles. The van der Waals surface area contributed by atoms with Gasteiger partial charge < -0.3 is 14.9 Å². The fourth-order valence-corrected chi connectivity index (χ4v) is 1.09. The van der Waals surface area contributed by atoms with E-state index in [2.05, 4.69) is 0 Å². The van der Waals surface area contributed by atoms with E-state index in [4.69, 9.17) is 9.84 Å². The molecule has 0 aliphatic carbocycles. The second kappa shape index (κ2) is 3.45. The predicted octanol–water partition coefficient (Wildman–Crippen LogP) is 1.20. The third-order valence-electron chi connectivity index (χ3n) is 1.69. The van der Waals surface area contributed by atoms with Gasteiger partial charge in [0.1, 0.15) is 0 Å². The lowest BCUT2D eigenvalue weighted by atomic mass is 10.1. The Balaban J connectivity index is 3.22. The Kier molecular flexibility index (Phi) is 2.55. The van der Waals surface area contributed by atoms with Crippen LogP contribution in [0.4, 0.5) is 0 Å². The van der Waals surface area contributed by atoms with Gasteiger partial charge in [0.05, 0.1) is 13.7 Å². The van der Waals surface area contributed by atoms with Crippen LogP contribution in [0, 0.1) is 6.92 Å². The third kappa shape index (κ3) is 1.51. The summed E-state index contributed by atoms with van der Waals surface area (Å²) in [6, 6.07) is 3.44. The molecule has 0 aliphatic heterocycles. The van der Waals surface area contributed by atoms with Gasteiger partial charge >= 0.3 is 0 Å². The zero-order valence-corrected chi connectivity index (χ0v) is 7.16. The zero-order valence-electron chi connectivity index (χ0n) is 7.16. The minimum Gasteiger partial charge on any atom is -0.504 e. The van der Waals surface area contributed by atoms with Crippen LogP contribution in [0.15, 0.2) is 12.1 Å². The summed E-state index contributed by atoms with van der Waals surface area (Å²) >= 11 is 0. The summed E-state index contributed by atoms with van der Waals surface area (Å²) in [7, 11) is 1.48. The van der Waals surface area contributed by atoms with E-state index >= 15 is 0 Å². The van der Waals surface area contributed by atoms with E-state index < -0.39 is 0 Å². The monoisotopic (exact) mass is 168 g/mol. The van der Waals surface area contributed by atoms with Crippen LogP contribution in [0.3, 0.4) is 0 Å². The molecule has 3 heteroatoms. The highest BCUT2D eigenvalue weighted by molar-refractivity contribution is 5.47. The molecule has 3 nitrogen and oxygen atoms in total. The lowest BCUT2D eigenvalue weighted by Crippen LogP contribution is -1.91. The number of ether oxygens (including phenoxy) is 1. The molecule has 0 atom stereocenters. The number of hydrogen-bond donors (Lipinski definition) is 2. The average molecular weight is 168 g/mol. The number of benzene rings is 1. The molecule has 1 aromatic carbocycles. The maximum absolute atomic E-state index is 9.43. The fraction of sp³-hybridized carbons (Fsp3) is 0.333. The van der Waals surface area contributed by atoms with Crippen molar-refractivity contribution in [2.45, 2.75) is 13.5 Å². The number of rotatable bonds is 2. The van der Waals surface area contributed by atoms with E-state index in [1.807, 2.05) is 6.92 Å². The topological polar surface area (TPSA) is 49.7 Å². The van der Waals surface area contributed by atoms with Gasteiger partial charge in [-0.1, -0.05) is 0 Å². The zero-order chi connectivity index (χ0) is 9.14. The smallest absolute Gasteiger partial charge is 0.163 e. The van der Waals surface area contributed by atoms with Crippen LogP contribution in [-0.4, -0.2) is 17.3 Å². The first-order valence-corrected chi connectivity index (χ1v) is 3.66. The molecule has 1 aromatic rings. The molecule has 0 aromatic heterocycles. The molecule has 1 rings (SSSR count). The summed E-state index contributed by atoms with van der Waals surface area (Å²) in [5, 5.41) is 18.3. The molecule has 0 saturated carbocycles. The molecule has 0 saturated heterocycles. The van der Waals surface area contributed by atoms with Crippen molar-refractivity contribution < 1.29 is 14.9 Å². The van der Waals surface area contributed by atoms with Gasteiger partial charge in [-0.05, 0) is 24.6 Å². The van der Waals surface area contributed by atoms with Gasteiger partial charge in [0.25, 0.3) is 0 Å². The SMILES string of the molecule is COc1cc(C)cc(CO)c1O. The maximum atomic E-state index is 9.43. The molecule has 12 heavy (non-hydrogen) atoms. The van der Waals surface area contributed by atoms with Crippen molar-refractivity contribution in [3.8, 4) is 11.5 Å². The Morgan fingerprint density at radius 2 is 2.08 bits per heavy atom. The highest BCUT2D eigenvalue weighted by Crippen LogP contribution is 2.30. The molecule has 0 aliphatic rings. The van der Waals surface area contributed by atoms with E-state index in [-0.39, 0.29) is 12.4 Å². The normalized spacial score (nSPS) is 9.92. The number of phenols is 1. The maximum Gasteiger partial charge on any atom is 0.163 e. The van der Waals surface area contributed by atoms with Gasteiger partial charge in [-0.25, -0.2) is 0 Å². The number of aliphatic hydroxyl groups is 1. The van der Waals surface area contributed by atoms with E-state index in [1.165, 1.54) is 7.11 Å². The molecule has 0 fully saturated rings. The minimum atomic E-state index is -0.177. The first-order chi connectivity index (χ1) is 5.69. The van der Waals surface area contributed by atoms with Crippen molar-refractivity contribution in [1.82, 2.24) is 0 Å². The van der Waals surface area contributed by atoms with Gasteiger partial charge in [-0.15, -0.1) is 0 Å². The largest absolute Gasteiger partial charge is 0.504 e. The number of aryl methyl sites for hydroxylation is 1. The van der Waals surface area contributed by atoms with Gasteiger partial charge in [-0.2, -0.15) is 0 Å². The number of methoxy groups -OCH3 is 1. The molecular formula is C9H12O3. The molecule has 0 bridgehead atoms. The second-order valence-corrected chi connectivity index (χ2v) is 2.63. The van der Waals surface area contributed by atoms with Gasteiger partial charge in [0.15, 0.2) is 11.5 Å². The molecular weight excluding hydrogens is 156 g/mol. The van der Waals surface area contributed by atoms with Crippen molar-refractivity contribution in [2.75, 3.05) is 7.11 Å². The second-order valence-electron chi connectivity index (χ2n) is 2.63. The summed E-state index contributed by atoms with van der Waals surface area (Å²) in [6.07, 6.45) is 0. The number of aliphatic hydroxyl groups excluding tert-OH is 1. The standard InChI is InChI=1S/C9H12O3/c1-6-3-7(5-10)9(11)8(4-6)12-2/h3-4,10-11H,5H2,1-2H3. The number of aromatic hydroxyl groups is 1. The molecule has 0 unspecified atom stereocenters. The Morgan fingerprint density at radius 1 is 1.42 bits per heavy atom. The minimum absolute atomic E-state index is 0.0191. The Bertz CT molecular complexity index is 256. The lowest BCUT2D eigenvalue weighted by Gasteiger charge is -2.08. The van der Waals surface area contributed by atoms with Gasteiger partial charge in [0.2, 0.25) is 0 Å². The Morgan fingerprint density at radius 3 is 2.58 bits per heavy atom. The highest BCUT2D eigenvalue weighted by Gasteiger charge is 2.07. The first-order valence-electron chi connectivity index (χ1n) is 3.66. The molecule has 66 valence electrons. The Labute approximate surface area is 71.2 Å². The van der Waals surface area contributed by atoms with Crippen LogP contribution in [0.5, 0.6) is 11.5 Å². The summed E-state index contributed by atoms with van der Waals surface area (Å²) in [4.78, 5) is 0. The van der Waals surface area contributed by atoms with E-state index in [9.17, 15) is 5.11 Å². The van der Waals surface area contributed by atoms with Gasteiger partial charge in [-0.3, -0.25) is 0 Å². The highest BCUT2D eigenvalue weighted by atomic mass is 16.5. The summed E-state index contributed by atoms with van der Waals surface area (Å²) in [5.41, 5.74) is 1.44. The summed E-state index contributed by atoms with van der Waals surface area (Å²) < 4.78 is 4.91. The predicted molar refractivity (Wildman–Crippen MR) is 45.3 cm³/mol. The first kappa shape index (κ1) is 8.87. The Hall–Kier alpha value is -1.22. The molecule has 0 radical (unpaired) electrons. The van der Waals surface area contributed by atoms with Gasteiger partial charge in [0, 0.05) is 5.56 Å². The van der Waals surface area contributed by atoms with Crippen molar-refractivity contribution in [1.29, 1.82) is 0 Å². The van der Waals surface area contributed by atoms with E-state index in [0.29, 0.717) is 11.3 Å². The molecule has 2 N–H and O–H groups in total. The third-order valence-corrected chi connectivity index (χ3v) is 1.69. The van der Waals surface area contributed by atoms with Crippen molar-refractivity contribution in [3.63, 3.8) is 0 Å². The summed E-state index contributed by atoms with van der Waals surface area (Å²) in [5.74, 6) is 0.421. The number of hydrogen-bond acceptors (Lipinski definition) is 3. The van der Waals surface area contributed by atoms with Crippen LogP contribution < -0.4 is 4.74 Å². The van der Waals surface area contributed by atoms with Crippen LogP contribution in [0.2, 0.25) is 0 Å². The van der Waals surface area contributed by atoms with E-state index in [0.717, 1.165) is 5.56 Å². The van der Waals surface area contributed by atoms with Crippen LogP contribution in [0.25, 0.3) is 0 Å². The summed E-state index contributed by atoms with van der Waals surface area (Å²) in [6.45, 7) is 1.70. The van der Waals surface area contributed by atoms with Crippen LogP contribution in [0.1, 0.15) is 11.1 Å². The molecule has 0 amide bonds. The fourth-order valence-electron chi connectivity index (χ4n) is 1.09. The van der Waals surface area contributed by atoms with Crippen LogP contribution in [-0.2, 0) is 6.61 Å². The van der Waals surface area contributed by atoms with Crippen LogP contribution >= 0.6 is 0 Å². The molecule has 0 spiro atoms. The van der Waals surface area contributed by atoms with Crippen molar-refractivity contribution in [2.24, 2.45) is 0 Å². The van der Waals surface area contributed by atoms with Crippen molar-refractivity contribution >= 4 is 0 Å². The lowest BCUT2D eigenvalue weighted by molar-refractivity contribution is 0.272. The van der Waals surface area contributed by atoms with E-state index in [1.54, 1.807) is 12.1 Å². The average Bonchev–Trinajstić information content (AvgIpc) is 2.08. The van der Waals surface area contributed by atoms with Crippen molar-refractivity contribution in [3.05, 3.63) is 23.3 Å².